The molecule has 0 saturated heterocycles. The fourth-order valence-corrected chi connectivity index (χ4v) is 2.38. The van der Waals surface area contributed by atoms with Crippen molar-refractivity contribution in [2.45, 2.75) is 6.04 Å². The first-order valence-corrected chi connectivity index (χ1v) is 7.81. The summed E-state index contributed by atoms with van der Waals surface area (Å²) in [4.78, 5) is 12.1. The molecule has 128 valence electrons. The molecule has 1 unspecified atom stereocenters. The lowest BCUT2D eigenvalue weighted by Gasteiger charge is -2.16. The van der Waals surface area contributed by atoms with E-state index in [9.17, 15) is 10.1 Å². The zero-order chi connectivity index (χ0) is 18.2. The number of nitriles is 1. The highest BCUT2D eigenvalue weighted by atomic mass is 35.5. The van der Waals surface area contributed by atoms with Crippen LogP contribution in [0.4, 0.5) is 0 Å². The van der Waals surface area contributed by atoms with E-state index >= 15 is 0 Å². The van der Waals surface area contributed by atoms with Crippen LogP contribution in [0.5, 0.6) is 11.5 Å². The van der Waals surface area contributed by atoms with E-state index in [1.807, 2.05) is 0 Å². The van der Waals surface area contributed by atoms with Crippen LogP contribution < -0.4 is 14.8 Å². The fourth-order valence-electron chi connectivity index (χ4n) is 2.26. The lowest BCUT2D eigenvalue weighted by Crippen LogP contribution is -2.26. The Hall–Kier alpha value is -2.97. The van der Waals surface area contributed by atoms with Crippen LogP contribution in [0.1, 0.15) is 17.2 Å². The molecule has 1 N–H and O–H groups in total. The van der Waals surface area contributed by atoms with Gasteiger partial charge in [-0.15, -0.1) is 0 Å². The average molecular weight is 357 g/mol. The van der Waals surface area contributed by atoms with Crippen molar-refractivity contribution in [3.05, 3.63) is 64.7 Å². The summed E-state index contributed by atoms with van der Waals surface area (Å²) in [6.45, 7) is 0. The highest BCUT2D eigenvalue weighted by Crippen LogP contribution is 2.34. The van der Waals surface area contributed by atoms with Gasteiger partial charge in [0.2, 0.25) is 5.91 Å². The molecule has 0 fully saturated rings. The molecule has 0 saturated carbocycles. The van der Waals surface area contributed by atoms with Gasteiger partial charge in [-0.05, 0) is 29.8 Å². The number of benzene rings is 2. The summed E-state index contributed by atoms with van der Waals surface area (Å²) in [6, 6.07) is 13.4. The van der Waals surface area contributed by atoms with Gasteiger partial charge in [0, 0.05) is 16.7 Å². The lowest BCUT2D eigenvalue weighted by molar-refractivity contribution is -0.116. The van der Waals surface area contributed by atoms with E-state index < -0.39 is 11.9 Å². The molecule has 1 atom stereocenters. The smallest absolute Gasteiger partial charge is 0.245 e. The van der Waals surface area contributed by atoms with Gasteiger partial charge in [-0.3, -0.25) is 4.79 Å². The van der Waals surface area contributed by atoms with Crippen molar-refractivity contribution in [2.24, 2.45) is 0 Å². The molecule has 2 aromatic carbocycles. The number of methoxy groups -OCH3 is 2. The summed E-state index contributed by atoms with van der Waals surface area (Å²) in [7, 11) is 2.99. The van der Waals surface area contributed by atoms with Crippen molar-refractivity contribution >= 4 is 23.6 Å². The van der Waals surface area contributed by atoms with Crippen molar-refractivity contribution in [1.82, 2.24) is 5.32 Å². The molecule has 0 heterocycles. The SMILES string of the molecule is COc1cccc(C(C#N)NC(=O)/C=C/c2ccc(Cl)cc2)c1OC. The second kappa shape index (κ2) is 8.76. The summed E-state index contributed by atoms with van der Waals surface area (Å²) in [6.07, 6.45) is 3.00. The van der Waals surface area contributed by atoms with Crippen LogP contribution in [0.2, 0.25) is 5.02 Å². The Morgan fingerprint density at radius 3 is 2.52 bits per heavy atom. The number of hydrogen-bond acceptors (Lipinski definition) is 4. The number of carbonyl (C=O) groups is 1. The Labute approximate surface area is 151 Å². The maximum atomic E-state index is 12.1. The first-order chi connectivity index (χ1) is 12.1. The van der Waals surface area contributed by atoms with Crippen LogP contribution in [0.3, 0.4) is 0 Å². The average Bonchev–Trinajstić information content (AvgIpc) is 2.64. The quantitative estimate of drug-likeness (QED) is 0.800. The third kappa shape index (κ3) is 4.75. The molecular formula is C19H17ClN2O3. The minimum Gasteiger partial charge on any atom is -0.493 e. The number of halogens is 1. The van der Waals surface area contributed by atoms with E-state index in [1.54, 1.807) is 48.5 Å². The summed E-state index contributed by atoms with van der Waals surface area (Å²) < 4.78 is 10.5. The fraction of sp³-hybridized carbons (Fsp3) is 0.158. The summed E-state index contributed by atoms with van der Waals surface area (Å²) in [5, 5.41) is 12.7. The van der Waals surface area contributed by atoms with Gasteiger partial charge in [0.25, 0.3) is 0 Å². The van der Waals surface area contributed by atoms with Crippen molar-refractivity contribution < 1.29 is 14.3 Å². The van der Waals surface area contributed by atoms with E-state index in [0.717, 1.165) is 5.56 Å². The Morgan fingerprint density at radius 2 is 1.92 bits per heavy atom. The lowest BCUT2D eigenvalue weighted by atomic mass is 10.1. The predicted octanol–water partition coefficient (Wildman–Crippen LogP) is 3.75. The monoisotopic (exact) mass is 356 g/mol. The van der Waals surface area contributed by atoms with Gasteiger partial charge in [0.1, 0.15) is 6.04 Å². The number of carbonyl (C=O) groups excluding carboxylic acids is 1. The summed E-state index contributed by atoms with van der Waals surface area (Å²) in [5.41, 5.74) is 1.35. The standard InChI is InChI=1S/C19H17ClN2O3/c1-24-17-5-3-4-15(19(17)25-2)16(12-21)22-18(23)11-8-13-6-9-14(20)10-7-13/h3-11,16H,1-2H3,(H,22,23)/b11-8+. The van der Waals surface area contributed by atoms with Crippen LogP contribution in [0, 0.1) is 11.3 Å². The Balaban J connectivity index is 2.16. The van der Waals surface area contributed by atoms with Crippen molar-refractivity contribution in [3.63, 3.8) is 0 Å². The molecule has 1 amide bonds. The molecule has 0 spiro atoms. The molecule has 0 radical (unpaired) electrons. The molecule has 5 nitrogen and oxygen atoms in total. The molecule has 0 aliphatic rings. The maximum absolute atomic E-state index is 12.1. The van der Waals surface area contributed by atoms with Crippen LogP contribution in [-0.4, -0.2) is 20.1 Å². The Kier molecular flexibility index (Phi) is 6.44. The zero-order valence-electron chi connectivity index (χ0n) is 13.8. The maximum Gasteiger partial charge on any atom is 0.245 e. The number of nitrogens with one attached hydrogen (secondary N) is 1. The third-order valence-corrected chi connectivity index (χ3v) is 3.71. The third-order valence-electron chi connectivity index (χ3n) is 3.46. The van der Waals surface area contributed by atoms with Gasteiger partial charge in [0.15, 0.2) is 11.5 Å². The normalized spacial score (nSPS) is 11.6. The van der Waals surface area contributed by atoms with Gasteiger partial charge >= 0.3 is 0 Å². The number of ether oxygens (including phenoxy) is 2. The molecule has 0 aliphatic heterocycles. The minimum absolute atomic E-state index is 0.397. The van der Waals surface area contributed by atoms with Crippen LogP contribution in [0.15, 0.2) is 48.5 Å². The topological polar surface area (TPSA) is 71.3 Å². The summed E-state index contributed by atoms with van der Waals surface area (Å²) >= 11 is 5.82. The Morgan fingerprint density at radius 1 is 1.20 bits per heavy atom. The number of amides is 1. The van der Waals surface area contributed by atoms with Gasteiger partial charge in [-0.2, -0.15) is 5.26 Å². The number of para-hydroxylation sites is 1. The second-order valence-electron chi connectivity index (χ2n) is 5.04. The van der Waals surface area contributed by atoms with Gasteiger partial charge in [0.05, 0.1) is 20.3 Å². The molecule has 2 aromatic rings. The van der Waals surface area contributed by atoms with E-state index in [2.05, 4.69) is 11.4 Å². The highest BCUT2D eigenvalue weighted by Gasteiger charge is 2.19. The second-order valence-corrected chi connectivity index (χ2v) is 5.47. The number of hydrogen-bond donors (Lipinski definition) is 1. The van der Waals surface area contributed by atoms with Crippen molar-refractivity contribution in [1.29, 1.82) is 5.26 Å². The molecule has 0 aromatic heterocycles. The minimum atomic E-state index is -0.868. The van der Waals surface area contributed by atoms with Crippen molar-refractivity contribution in [2.75, 3.05) is 14.2 Å². The molecule has 2 rings (SSSR count). The number of nitrogens with zero attached hydrogens (tertiary/aromatic N) is 1. The van der Waals surface area contributed by atoms with E-state index in [-0.39, 0.29) is 0 Å². The molecule has 0 bridgehead atoms. The summed E-state index contributed by atoms with van der Waals surface area (Å²) in [5.74, 6) is 0.510. The predicted molar refractivity (Wildman–Crippen MR) is 96.5 cm³/mol. The number of rotatable bonds is 6. The van der Waals surface area contributed by atoms with Crippen LogP contribution in [-0.2, 0) is 4.79 Å². The van der Waals surface area contributed by atoms with E-state index in [4.69, 9.17) is 21.1 Å². The molecule has 6 heteroatoms. The molecule has 25 heavy (non-hydrogen) atoms. The molecular weight excluding hydrogens is 340 g/mol. The largest absolute Gasteiger partial charge is 0.493 e. The van der Waals surface area contributed by atoms with Crippen molar-refractivity contribution in [3.8, 4) is 17.6 Å². The van der Waals surface area contributed by atoms with Crippen LogP contribution >= 0.6 is 11.6 Å². The molecule has 0 aliphatic carbocycles. The van der Waals surface area contributed by atoms with Crippen LogP contribution in [0.25, 0.3) is 6.08 Å². The Bertz CT molecular complexity index is 810. The van der Waals surface area contributed by atoms with Gasteiger partial charge in [-0.1, -0.05) is 35.9 Å². The van der Waals surface area contributed by atoms with Gasteiger partial charge in [-0.25, -0.2) is 0 Å². The first-order valence-electron chi connectivity index (χ1n) is 7.43. The van der Waals surface area contributed by atoms with E-state index in [0.29, 0.717) is 22.1 Å². The zero-order valence-corrected chi connectivity index (χ0v) is 14.6. The van der Waals surface area contributed by atoms with E-state index in [1.165, 1.54) is 20.3 Å². The highest BCUT2D eigenvalue weighted by molar-refractivity contribution is 6.30. The first kappa shape index (κ1) is 18.4. The van der Waals surface area contributed by atoms with Gasteiger partial charge < -0.3 is 14.8 Å².